The summed E-state index contributed by atoms with van der Waals surface area (Å²) in [7, 11) is -4.22. The fourth-order valence-electron chi connectivity index (χ4n) is 3.19. The van der Waals surface area contributed by atoms with Crippen molar-refractivity contribution in [2.24, 2.45) is 5.14 Å². The first kappa shape index (κ1) is 23.9. The van der Waals surface area contributed by atoms with Gasteiger partial charge < -0.3 is 10.4 Å². The van der Waals surface area contributed by atoms with Crippen LogP contribution < -0.4 is 10.5 Å². The van der Waals surface area contributed by atoms with Crippen LogP contribution in [-0.4, -0.2) is 19.4 Å². The van der Waals surface area contributed by atoms with Crippen molar-refractivity contribution in [2.45, 2.75) is 30.8 Å². The van der Waals surface area contributed by atoms with Gasteiger partial charge in [-0.1, -0.05) is 35.9 Å². The lowest BCUT2D eigenvalue weighted by molar-refractivity contribution is -0.115. The predicted octanol–water partition coefficient (Wildman–Crippen LogP) is 4.20. The summed E-state index contributed by atoms with van der Waals surface area (Å²) in [6.07, 6.45) is -0.00896. The van der Waals surface area contributed by atoms with Crippen molar-refractivity contribution in [2.75, 3.05) is 5.32 Å². The first-order valence-electron chi connectivity index (χ1n) is 9.58. The quantitative estimate of drug-likeness (QED) is 0.495. The highest BCUT2D eigenvalue weighted by Crippen LogP contribution is 2.33. The molecule has 0 bridgehead atoms. The Morgan fingerprint density at radius 2 is 1.81 bits per heavy atom. The topological polar surface area (TPSA) is 109 Å². The predicted molar refractivity (Wildman–Crippen MR) is 122 cm³/mol. The first-order valence-corrected chi connectivity index (χ1v) is 11.5. The number of halogens is 2. The summed E-state index contributed by atoms with van der Waals surface area (Å²) in [6, 6.07) is 14.8. The van der Waals surface area contributed by atoms with E-state index in [9.17, 15) is 22.7 Å². The lowest BCUT2D eigenvalue weighted by Gasteiger charge is -2.19. The lowest BCUT2D eigenvalue weighted by Crippen LogP contribution is -2.18. The summed E-state index contributed by atoms with van der Waals surface area (Å²) >= 11 is 6.08. The minimum Gasteiger partial charge on any atom is -0.386 e. The number of benzene rings is 3. The van der Waals surface area contributed by atoms with Crippen LogP contribution in [0.15, 0.2) is 65.6 Å². The number of amides is 1. The molecule has 32 heavy (non-hydrogen) atoms. The van der Waals surface area contributed by atoms with Crippen LogP contribution >= 0.6 is 11.6 Å². The Balaban J connectivity index is 1.98. The molecule has 0 saturated carbocycles. The van der Waals surface area contributed by atoms with Gasteiger partial charge in [-0.05, 0) is 66.9 Å². The molecular weight excluding hydrogens is 455 g/mol. The second-order valence-corrected chi connectivity index (χ2v) is 9.80. The number of sulfonamides is 1. The summed E-state index contributed by atoms with van der Waals surface area (Å²) in [4.78, 5) is 12.1. The smallest absolute Gasteiger partial charge is 0.238 e. The van der Waals surface area contributed by atoms with E-state index in [-0.39, 0.29) is 33.7 Å². The highest BCUT2D eigenvalue weighted by Gasteiger charge is 2.22. The molecular formula is C23H22ClFN2O4S. The van der Waals surface area contributed by atoms with Crippen LogP contribution in [0.5, 0.6) is 0 Å². The van der Waals surface area contributed by atoms with Gasteiger partial charge in [0, 0.05) is 16.3 Å². The molecule has 4 N–H and O–H groups in total. The maximum atomic E-state index is 14.2. The van der Waals surface area contributed by atoms with E-state index in [1.807, 2.05) is 0 Å². The fourth-order valence-corrected chi connectivity index (χ4v) is 4.18. The van der Waals surface area contributed by atoms with Gasteiger partial charge in [0.05, 0.1) is 16.9 Å². The number of rotatable bonds is 6. The third-order valence-electron chi connectivity index (χ3n) is 4.80. The second kappa shape index (κ2) is 8.99. The van der Waals surface area contributed by atoms with E-state index in [0.29, 0.717) is 10.6 Å². The summed E-state index contributed by atoms with van der Waals surface area (Å²) in [6.45, 7) is 2.98. The number of hydrogen-bond donors (Lipinski definition) is 3. The zero-order chi connectivity index (χ0) is 23.7. The molecule has 1 amide bonds. The summed E-state index contributed by atoms with van der Waals surface area (Å²) in [5.41, 5.74) is 0.111. The largest absolute Gasteiger partial charge is 0.386 e. The Kier molecular flexibility index (Phi) is 6.71. The number of aliphatic hydroxyl groups is 1. The SMILES string of the molecule is CC(C)(O)c1cc(F)cc(-c2ccc(NC(=O)Cc3ccccc3Cl)cc2S(N)(=O)=O)c1. The molecule has 0 saturated heterocycles. The van der Waals surface area contributed by atoms with Gasteiger partial charge in [-0.25, -0.2) is 17.9 Å². The molecule has 0 aromatic heterocycles. The average Bonchev–Trinajstić information content (AvgIpc) is 2.68. The molecule has 3 aromatic carbocycles. The molecule has 6 nitrogen and oxygen atoms in total. The van der Waals surface area contributed by atoms with Gasteiger partial charge in [-0.3, -0.25) is 4.79 Å². The Bertz CT molecular complexity index is 1290. The minimum atomic E-state index is -4.22. The minimum absolute atomic E-state index is 0.00896. The van der Waals surface area contributed by atoms with E-state index in [2.05, 4.69) is 5.32 Å². The van der Waals surface area contributed by atoms with Gasteiger partial charge in [-0.2, -0.15) is 0 Å². The van der Waals surface area contributed by atoms with Crippen molar-refractivity contribution >= 4 is 33.2 Å². The van der Waals surface area contributed by atoms with Crippen molar-refractivity contribution < 1.29 is 22.7 Å². The van der Waals surface area contributed by atoms with Crippen molar-refractivity contribution in [3.05, 3.63) is 82.6 Å². The molecule has 0 heterocycles. The van der Waals surface area contributed by atoms with Gasteiger partial charge in [0.15, 0.2) is 0 Å². The van der Waals surface area contributed by atoms with E-state index in [1.165, 1.54) is 44.2 Å². The van der Waals surface area contributed by atoms with E-state index < -0.39 is 27.3 Å². The Labute approximate surface area is 190 Å². The van der Waals surface area contributed by atoms with E-state index in [1.54, 1.807) is 24.3 Å². The van der Waals surface area contributed by atoms with Gasteiger partial charge in [0.1, 0.15) is 5.82 Å². The highest BCUT2D eigenvalue weighted by molar-refractivity contribution is 7.89. The van der Waals surface area contributed by atoms with Crippen LogP contribution in [0.3, 0.4) is 0 Å². The molecule has 168 valence electrons. The zero-order valence-corrected chi connectivity index (χ0v) is 19.0. The fraction of sp³-hybridized carbons (Fsp3) is 0.174. The third kappa shape index (κ3) is 5.72. The number of carbonyl (C=O) groups excluding carboxylic acids is 1. The summed E-state index contributed by atoms with van der Waals surface area (Å²) in [5.74, 6) is -1.04. The van der Waals surface area contributed by atoms with Crippen molar-refractivity contribution in [1.82, 2.24) is 0 Å². The van der Waals surface area contributed by atoms with Crippen LogP contribution in [0, 0.1) is 5.82 Å². The van der Waals surface area contributed by atoms with E-state index >= 15 is 0 Å². The van der Waals surface area contributed by atoms with E-state index in [0.717, 1.165) is 6.07 Å². The Morgan fingerprint density at radius 1 is 1.12 bits per heavy atom. The maximum Gasteiger partial charge on any atom is 0.238 e. The maximum absolute atomic E-state index is 14.2. The third-order valence-corrected chi connectivity index (χ3v) is 6.12. The number of anilines is 1. The molecule has 0 aliphatic rings. The molecule has 9 heteroatoms. The average molecular weight is 477 g/mol. The van der Waals surface area contributed by atoms with Gasteiger partial charge >= 0.3 is 0 Å². The lowest BCUT2D eigenvalue weighted by atomic mass is 9.94. The standard InChI is InChI=1S/C23H22ClFN2O4S/c1-23(2,29)16-9-15(10-17(25)12-16)19-8-7-18(13-21(19)32(26,30)31)27-22(28)11-14-5-3-4-6-20(14)24/h3-10,12-13,29H,11H2,1-2H3,(H,27,28)(H2,26,30,31). The van der Waals surface area contributed by atoms with Gasteiger partial charge in [0.2, 0.25) is 15.9 Å². The number of carbonyl (C=O) groups is 1. The van der Waals surface area contributed by atoms with Crippen molar-refractivity contribution in [1.29, 1.82) is 0 Å². The number of hydrogen-bond acceptors (Lipinski definition) is 4. The van der Waals surface area contributed by atoms with Crippen LogP contribution in [0.2, 0.25) is 5.02 Å². The summed E-state index contributed by atoms with van der Waals surface area (Å²) in [5, 5.41) is 18.7. The van der Waals surface area contributed by atoms with Gasteiger partial charge in [-0.15, -0.1) is 0 Å². The van der Waals surface area contributed by atoms with Crippen LogP contribution in [0.1, 0.15) is 25.0 Å². The highest BCUT2D eigenvalue weighted by atomic mass is 35.5. The number of primary sulfonamides is 1. The molecule has 0 spiro atoms. The Morgan fingerprint density at radius 3 is 2.44 bits per heavy atom. The number of nitrogens with two attached hydrogens (primary N) is 1. The van der Waals surface area contributed by atoms with Crippen LogP contribution in [0.4, 0.5) is 10.1 Å². The Hall–Kier alpha value is -2.78. The van der Waals surface area contributed by atoms with Crippen LogP contribution in [-0.2, 0) is 26.8 Å². The molecule has 0 radical (unpaired) electrons. The van der Waals surface area contributed by atoms with E-state index in [4.69, 9.17) is 16.7 Å². The normalized spacial score (nSPS) is 11.9. The molecule has 0 fully saturated rings. The van der Waals surface area contributed by atoms with Crippen LogP contribution in [0.25, 0.3) is 11.1 Å². The summed E-state index contributed by atoms with van der Waals surface area (Å²) < 4.78 is 38.7. The second-order valence-electron chi connectivity index (χ2n) is 7.86. The van der Waals surface area contributed by atoms with Crippen molar-refractivity contribution in [3.63, 3.8) is 0 Å². The molecule has 0 aliphatic heterocycles. The first-order chi connectivity index (χ1) is 14.8. The monoisotopic (exact) mass is 476 g/mol. The molecule has 0 atom stereocenters. The molecule has 0 aliphatic carbocycles. The molecule has 3 rings (SSSR count). The zero-order valence-electron chi connectivity index (χ0n) is 17.4. The van der Waals surface area contributed by atoms with Gasteiger partial charge in [0.25, 0.3) is 0 Å². The van der Waals surface area contributed by atoms with Crippen molar-refractivity contribution in [3.8, 4) is 11.1 Å². The number of nitrogens with one attached hydrogen (secondary N) is 1. The molecule has 3 aromatic rings. The molecule has 0 unspecified atom stereocenters.